The van der Waals surface area contributed by atoms with Crippen molar-refractivity contribution in [3.63, 3.8) is 0 Å². The maximum absolute atomic E-state index is 13.7. The molecule has 3 rings (SSSR count). The second kappa shape index (κ2) is 5.78. The fraction of sp³-hybridized carbons (Fsp3) is 0.133. The van der Waals surface area contributed by atoms with Crippen LogP contribution in [0.5, 0.6) is 0 Å². The number of fused-ring (bicyclic) bond motifs is 1. The minimum absolute atomic E-state index is 0.0843. The molecule has 1 aromatic heterocycles. The number of aryl methyl sites for hydroxylation is 1. The van der Waals surface area contributed by atoms with E-state index in [1.54, 1.807) is 25.1 Å². The number of para-hydroxylation sites is 1. The van der Waals surface area contributed by atoms with Crippen LogP contribution in [0, 0.1) is 24.1 Å². The number of rotatable bonds is 1. The Bertz CT molecular complexity index is 879. The number of aromatic nitrogens is 1. The first kappa shape index (κ1) is 15.7. The van der Waals surface area contributed by atoms with E-state index in [1.165, 1.54) is 4.90 Å². The lowest BCUT2D eigenvalue weighted by Gasteiger charge is -2.33. The van der Waals surface area contributed by atoms with E-state index in [0.29, 0.717) is 16.8 Å². The van der Waals surface area contributed by atoms with Crippen molar-refractivity contribution in [2.45, 2.75) is 13.3 Å². The third kappa shape index (κ3) is 2.53. The average Bonchev–Trinajstić information content (AvgIpc) is 2.50. The number of aliphatic hydroxyl groups is 1. The van der Waals surface area contributed by atoms with Crippen molar-refractivity contribution in [3.05, 3.63) is 51.9 Å². The highest BCUT2D eigenvalue weighted by Crippen LogP contribution is 2.38. The van der Waals surface area contributed by atoms with Crippen molar-refractivity contribution >= 4 is 39.9 Å². The van der Waals surface area contributed by atoms with E-state index in [0.717, 1.165) is 6.07 Å². The van der Waals surface area contributed by atoms with E-state index < -0.39 is 12.2 Å². The van der Waals surface area contributed by atoms with Crippen molar-refractivity contribution in [2.75, 3.05) is 4.90 Å². The molecular weight excluding hydrogens is 342 g/mol. The van der Waals surface area contributed by atoms with Gasteiger partial charge in [-0.15, -0.1) is 0 Å². The van der Waals surface area contributed by atoms with E-state index in [-0.39, 0.29) is 21.7 Å². The topological polar surface area (TPSA) is 72.5 Å². The van der Waals surface area contributed by atoms with Crippen LogP contribution >= 0.6 is 23.2 Å². The van der Waals surface area contributed by atoms with Gasteiger partial charge in [0.15, 0.2) is 11.0 Å². The van der Waals surface area contributed by atoms with Gasteiger partial charge < -0.3 is 5.11 Å². The lowest BCUT2D eigenvalue weighted by molar-refractivity contribution is 0.189. The first-order valence-corrected chi connectivity index (χ1v) is 7.26. The van der Waals surface area contributed by atoms with Crippen molar-refractivity contribution in [1.82, 2.24) is 4.98 Å². The minimum Gasteiger partial charge on any atom is -0.355 e. The molecule has 0 bridgehead atoms. The Hall–Kier alpha value is -2.20. The van der Waals surface area contributed by atoms with Crippen molar-refractivity contribution in [1.29, 1.82) is 5.26 Å². The van der Waals surface area contributed by atoms with E-state index in [2.05, 4.69) is 16.0 Å². The van der Waals surface area contributed by atoms with E-state index >= 15 is 0 Å². The fourth-order valence-corrected chi connectivity index (χ4v) is 2.78. The second-order valence-electron chi connectivity index (χ2n) is 4.85. The molecule has 0 amide bonds. The Morgan fingerprint density at radius 3 is 2.83 bits per heavy atom. The lowest BCUT2D eigenvalue weighted by Crippen LogP contribution is -2.36. The number of halogens is 3. The van der Waals surface area contributed by atoms with Crippen LogP contribution in [0.1, 0.15) is 16.7 Å². The van der Waals surface area contributed by atoms with Crippen LogP contribution in [-0.2, 0) is 0 Å². The molecule has 2 heterocycles. The van der Waals surface area contributed by atoms with Gasteiger partial charge >= 0.3 is 0 Å². The van der Waals surface area contributed by atoms with Crippen molar-refractivity contribution < 1.29 is 9.50 Å². The molecule has 0 radical (unpaired) electrons. The van der Waals surface area contributed by atoms with Crippen LogP contribution in [0.2, 0.25) is 5.15 Å². The Morgan fingerprint density at radius 1 is 1.39 bits per heavy atom. The number of aliphatic imine (C=N–C) groups is 1. The van der Waals surface area contributed by atoms with Crippen molar-refractivity contribution in [2.24, 2.45) is 4.99 Å². The molecule has 2 aromatic rings. The number of nitriles is 1. The van der Waals surface area contributed by atoms with Crippen LogP contribution in [0.4, 0.5) is 15.9 Å². The minimum atomic E-state index is -1.41. The van der Waals surface area contributed by atoms with Gasteiger partial charge in [0.25, 0.3) is 0 Å². The highest BCUT2D eigenvalue weighted by atomic mass is 35.5. The molecule has 1 unspecified atom stereocenters. The molecule has 5 nitrogen and oxygen atoms in total. The number of hydrogen-bond donors (Lipinski definition) is 1. The fourth-order valence-electron chi connectivity index (χ4n) is 2.42. The third-order valence-electron chi connectivity index (χ3n) is 3.42. The highest BCUT2D eigenvalue weighted by molar-refractivity contribution is 6.70. The molecule has 1 aliphatic heterocycles. The zero-order valence-corrected chi connectivity index (χ0v) is 13.3. The summed E-state index contributed by atoms with van der Waals surface area (Å²) in [6.07, 6.45) is -1.41. The Morgan fingerprint density at radius 2 is 2.13 bits per heavy atom. The van der Waals surface area contributed by atoms with Crippen LogP contribution < -0.4 is 4.90 Å². The number of anilines is 2. The lowest BCUT2D eigenvalue weighted by atomic mass is 10.1. The molecule has 1 atom stereocenters. The smallest absolute Gasteiger partial charge is 0.232 e. The van der Waals surface area contributed by atoms with E-state index in [4.69, 9.17) is 23.2 Å². The quantitative estimate of drug-likeness (QED) is 0.799. The number of benzene rings is 1. The largest absolute Gasteiger partial charge is 0.355 e. The molecule has 0 aliphatic carbocycles. The zero-order valence-electron chi connectivity index (χ0n) is 11.8. The number of nitrogens with zero attached hydrogens (tertiary/aromatic N) is 4. The van der Waals surface area contributed by atoms with Crippen LogP contribution in [0.3, 0.4) is 0 Å². The maximum atomic E-state index is 13.7. The van der Waals surface area contributed by atoms with Gasteiger partial charge in [-0.05, 0) is 24.6 Å². The molecule has 1 aromatic carbocycles. The normalized spacial score (nSPS) is 16.6. The van der Waals surface area contributed by atoms with E-state index in [9.17, 15) is 14.8 Å². The maximum Gasteiger partial charge on any atom is 0.232 e. The van der Waals surface area contributed by atoms with Gasteiger partial charge in [-0.25, -0.2) is 14.4 Å². The first-order chi connectivity index (χ1) is 10.9. The summed E-state index contributed by atoms with van der Waals surface area (Å²) < 4.78 is 13.7. The third-order valence-corrected chi connectivity index (χ3v) is 3.99. The number of pyridine rings is 1. The molecule has 1 N–H and O–H groups in total. The Kier molecular flexibility index (Phi) is 3.94. The average molecular weight is 351 g/mol. The van der Waals surface area contributed by atoms with Gasteiger partial charge in [-0.2, -0.15) is 5.26 Å². The van der Waals surface area contributed by atoms with Gasteiger partial charge in [0, 0.05) is 0 Å². The number of aliphatic hydroxyl groups excluding tert-OH is 1. The molecule has 23 heavy (non-hydrogen) atoms. The summed E-state index contributed by atoms with van der Waals surface area (Å²) in [5.74, 6) is -0.616. The summed E-state index contributed by atoms with van der Waals surface area (Å²) in [6.45, 7) is 1.77. The predicted octanol–water partition coefficient (Wildman–Crippen LogP) is 3.47. The molecule has 0 saturated carbocycles. The molecule has 0 spiro atoms. The Labute approximate surface area is 141 Å². The summed E-state index contributed by atoms with van der Waals surface area (Å²) in [6, 6.07) is 8.24. The summed E-state index contributed by atoms with van der Waals surface area (Å²) in [7, 11) is 0. The number of hydrogen-bond acceptors (Lipinski definition) is 5. The van der Waals surface area contributed by atoms with Gasteiger partial charge in [0.05, 0.1) is 16.8 Å². The van der Waals surface area contributed by atoms with Crippen molar-refractivity contribution in [3.8, 4) is 6.07 Å². The SMILES string of the molecule is Cc1cccc(C#N)c1N1c2nc(Cl)c(F)cc2C(Cl)=NC1O. The standard InChI is InChI=1S/C15H9Cl2FN4O/c1-7-3-2-4-8(6-19)11(7)22-14-9(12(16)21-15(22)23)5-10(18)13(17)20-14/h2-5,15,23H,1H3. The molecular formula is C15H9Cl2FN4O. The summed E-state index contributed by atoms with van der Waals surface area (Å²) in [5.41, 5.74) is 1.62. The molecule has 0 fully saturated rings. The monoisotopic (exact) mass is 350 g/mol. The van der Waals surface area contributed by atoms with Crippen LogP contribution in [0.15, 0.2) is 29.3 Å². The van der Waals surface area contributed by atoms with Crippen LogP contribution in [-0.4, -0.2) is 21.6 Å². The summed E-state index contributed by atoms with van der Waals surface area (Å²) >= 11 is 11.7. The molecule has 0 saturated heterocycles. The first-order valence-electron chi connectivity index (χ1n) is 6.50. The van der Waals surface area contributed by atoms with Gasteiger partial charge in [0.2, 0.25) is 6.35 Å². The van der Waals surface area contributed by atoms with Crippen LogP contribution in [0.25, 0.3) is 0 Å². The Balaban J connectivity index is 2.31. The molecule has 116 valence electrons. The highest BCUT2D eigenvalue weighted by Gasteiger charge is 2.32. The summed E-state index contributed by atoms with van der Waals surface area (Å²) in [5, 5.41) is 19.2. The molecule has 1 aliphatic rings. The predicted molar refractivity (Wildman–Crippen MR) is 85.6 cm³/mol. The zero-order chi connectivity index (χ0) is 16.7. The summed E-state index contributed by atoms with van der Waals surface area (Å²) in [4.78, 5) is 9.15. The second-order valence-corrected chi connectivity index (χ2v) is 5.57. The van der Waals surface area contributed by atoms with E-state index in [1.807, 2.05) is 0 Å². The van der Waals surface area contributed by atoms with Gasteiger partial charge in [-0.1, -0.05) is 35.3 Å². The molecule has 8 heteroatoms. The van der Waals surface area contributed by atoms with Gasteiger partial charge in [0.1, 0.15) is 17.1 Å². The van der Waals surface area contributed by atoms with Gasteiger partial charge in [-0.3, -0.25) is 4.90 Å².